The molecule has 0 unspecified atom stereocenters. The van der Waals surface area contributed by atoms with Crippen molar-refractivity contribution >= 4 is 12.3 Å². The molecule has 74 valence electrons. The molecule has 0 atom stereocenters. The molecule has 0 fully saturated rings. The summed E-state index contributed by atoms with van der Waals surface area (Å²) in [5.74, 6) is -0.812. The minimum absolute atomic E-state index is 0.132. The first-order chi connectivity index (χ1) is 6.11. The molecule has 2 N–H and O–H groups in total. The zero-order chi connectivity index (χ0) is 10.3. The van der Waals surface area contributed by atoms with E-state index < -0.39 is 17.4 Å². The van der Waals surface area contributed by atoms with Gasteiger partial charge in [0.25, 0.3) is 6.54 Å². The Morgan fingerprint density at radius 3 is 2.62 bits per heavy atom. The summed E-state index contributed by atoms with van der Waals surface area (Å²) in [6, 6.07) is 0. The molecule has 0 heterocycles. The van der Waals surface area contributed by atoms with Gasteiger partial charge in [0.1, 0.15) is 0 Å². The first-order valence-electron chi connectivity index (χ1n) is 3.68. The molecule has 0 aliphatic rings. The Hall–Kier alpha value is -1.50. The molecule has 0 aromatic rings. The smallest absolute Gasteiger partial charge is 0.300 e. The molecule has 0 saturated heterocycles. The van der Waals surface area contributed by atoms with Gasteiger partial charge in [-0.3, -0.25) is 24.6 Å². The summed E-state index contributed by atoms with van der Waals surface area (Å²) in [4.78, 5) is 31.1. The zero-order valence-electron chi connectivity index (χ0n) is 7.01. The van der Waals surface area contributed by atoms with Crippen LogP contribution in [0.5, 0.6) is 0 Å². The summed E-state index contributed by atoms with van der Waals surface area (Å²) in [6.07, 6.45) is 0.726. The lowest BCUT2D eigenvalue weighted by Crippen LogP contribution is -2.35. The van der Waals surface area contributed by atoms with E-state index in [-0.39, 0.29) is 13.0 Å². The lowest BCUT2D eigenvalue weighted by atomic mass is 10.4. The number of hydrogen-bond donors (Lipinski definition) is 1. The Bertz CT molecular complexity index is 206. The fourth-order valence-corrected chi connectivity index (χ4v) is 0.699. The van der Waals surface area contributed by atoms with E-state index in [9.17, 15) is 19.7 Å². The van der Waals surface area contributed by atoms with Crippen molar-refractivity contribution in [3.63, 3.8) is 0 Å². The van der Waals surface area contributed by atoms with Crippen LogP contribution in [0.4, 0.5) is 0 Å². The highest BCUT2D eigenvalue weighted by Gasteiger charge is 2.17. The van der Waals surface area contributed by atoms with E-state index in [1.54, 1.807) is 0 Å². The molecule has 0 aromatic carbocycles. The standard InChI is InChI=1S/C6H11N3O4/c7-2-1-3-8(5-10)6(11)4-9(12)13/h5H,1-4,7H2. The zero-order valence-corrected chi connectivity index (χ0v) is 7.01. The van der Waals surface area contributed by atoms with Crippen molar-refractivity contribution < 1.29 is 14.5 Å². The van der Waals surface area contributed by atoms with Crippen molar-refractivity contribution in [3.05, 3.63) is 10.1 Å². The third kappa shape index (κ3) is 4.86. The van der Waals surface area contributed by atoms with Gasteiger partial charge in [-0.1, -0.05) is 0 Å². The highest BCUT2D eigenvalue weighted by Crippen LogP contribution is 1.88. The second kappa shape index (κ2) is 6.06. The SMILES string of the molecule is NCCCN(C=O)C(=O)C[N+](=O)[O-]. The van der Waals surface area contributed by atoms with Crippen molar-refractivity contribution in [2.24, 2.45) is 5.73 Å². The molecule has 0 aliphatic carbocycles. The van der Waals surface area contributed by atoms with Crippen LogP contribution < -0.4 is 5.73 Å². The minimum Gasteiger partial charge on any atom is -0.330 e. The number of nitrogens with zero attached hydrogens (tertiary/aromatic N) is 2. The summed E-state index contributed by atoms with van der Waals surface area (Å²) in [5.41, 5.74) is 5.15. The molecule has 2 amide bonds. The Labute approximate surface area is 74.6 Å². The van der Waals surface area contributed by atoms with E-state index >= 15 is 0 Å². The van der Waals surface area contributed by atoms with Gasteiger partial charge in [-0.2, -0.15) is 0 Å². The van der Waals surface area contributed by atoms with Crippen LogP contribution in [0, 0.1) is 10.1 Å². The second-order valence-corrected chi connectivity index (χ2v) is 2.33. The molecule has 0 spiro atoms. The lowest BCUT2D eigenvalue weighted by Gasteiger charge is -2.11. The maximum Gasteiger partial charge on any atom is 0.300 e. The number of imide groups is 1. The predicted molar refractivity (Wildman–Crippen MR) is 43.3 cm³/mol. The largest absolute Gasteiger partial charge is 0.330 e. The normalized spacial score (nSPS) is 9.31. The fraction of sp³-hybridized carbons (Fsp3) is 0.667. The van der Waals surface area contributed by atoms with Gasteiger partial charge in [-0.25, -0.2) is 0 Å². The molecule has 0 bridgehead atoms. The Morgan fingerprint density at radius 1 is 1.62 bits per heavy atom. The predicted octanol–water partition coefficient (Wildman–Crippen LogP) is -1.40. The number of rotatable bonds is 6. The number of carbonyl (C=O) groups excluding carboxylic acids is 2. The quantitative estimate of drug-likeness (QED) is 0.314. The van der Waals surface area contributed by atoms with Crippen molar-refractivity contribution in [2.45, 2.75) is 6.42 Å². The van der Waals surface area contributed by atoms with Gasteiger partial charge >= 0.3 is 5.91 Å². The van der Waals surface area contributed by atoms with E-state index in [1.807, 2.05) is 0 Å². The van der Waals surface area contributed by atoms with Crippen LogP contribution in [0.3, 0.4) is 0 Å². The first-order valence-corrected chi connectivity index (χ1v) is 3.68. The Balaban J connectivity index is 3.99. The monoisotopic (exact) mass is 189 g/mol. The van der Waals surface area contributed by atoms with Crippen LogP contribution >= 0.6 is 0 Å². The average Bonchev–Trinajstić information content (AvgIpc) is 2.04. The molecular formula is C6H11N3O4. The van der Waals surface area contributed by atoms with E-state index in [0.717, 1.165) is 4.90 Å². The van der Waals surface area contributed by atoms with E-state index in [4.69, 9.17) is 5.73 Å². The Kier molecular flexibility index (Phi) is 5.37. The summed E-state index contributed by atoms with van der Waals surface area (Å²) >= 11 is 0. The molecule has 0 aliphatic heterocycles. The van der Waals surface area contributed by atoms with Gasteiger partial charge in [-0.05, 0) is 13.0 Å². The Morgan fingerprint density at radius 2 is 2.23 bits per heavy atom. The molecule has 0 saturated carbocycles. The van der Waals surface area contributed by atoms with Gasteiger partial charge in [0.05, 0.1) is 0 Å². The third-order valence-electron chi connectivity index (χ3n) is 1.32. The highest BCUT2D eigenvalue weighted by molar-refractivity contribution is 5.86. The molecular weight excluding hydrogens is 178 g/mol. The molecule has 0 rings (SSSR count). The summed E-state index contributed by atoms with van der Waals surface area (Å²) < 4.78 is 0. The topological polar surface area (TPSA) is 107 Å². The molecule has 0 radical (unpaired) electrons. The fourth-order valence-electron chi connectivity index (χ4n) is 0.699. The average molecular weight is 189 g/mol. The summed E-state index contributed by atoms with van der Waals surface area (Å²) in [5, 5.41) is 9.92. The van der Waals surface area contributed by atoms with Crippen LogP contribution in [-0.4, -0.2) is 41.8 Å². The van der Waals surface area contributed by atoms with Gasteiger partial charge in [-0.15, -0.1) is 0 Å². The lowest BCUT2D eigenvalue weighted by molar-refractivity contribution is -0.468. The van der Waals surface area contributed by atoms with Crippen molar-refractivity contribution in [3.8, 4) is 0 Å². The van der Waals surface area contributed by atoms with Crippen molar-refractivity contribution in [2.75, 3.05) is 19.6 Å². The van der Waals surface area contributed by atoms with E-state index in [0.29, 0.717) is 13.0 Å². The van der Waals surface area contributed by atoms with Crippen molar-refractivity contribution in [1.82, 2.24) is 4.90 Å². The molecule has 13 heavy (non-hydrogen) atoms. The van der Waals surface area contributed by atoms with Crippen LogP contribution in [0.1, 0.15) is 6.42 Å². The minimum atomic E-state index is -0.858. The van der Waals surface area contributed by atoms with E-state index in [1.165, 1.54) is 0 Å². The first kappa shape index (κ1) is 11.5. The number of hydrogen-bond acceptors (Lipinski definition) is 5. The summed E-state index contributed by atoms with van der Waals surface area (Å²) in [7, 11) is 0. The number of nitro groups is 1. The summed E-state index contributed by atoms with van der Waals surface area (Å²) in [6.45, 7) is -0.397. The van der Waals surface area contributed by atoms with Crippen molar-refractivity contribution in [1.29, 1.82) is 0 Å². The maximum absolute atomic E-state index is 10.9. The van der Waals surface area contributed by atoms with Gasteiger partial charge in [0.2, 0.25) is 6.41 Å². The van der Waals surface area contributed by atoms with Crippen LogP contribution in [0.2, 0.25) is 0 Å². The van der Waals surface area contributed by atoms with Crippen LogP contribution in [-0.2, 0) is 9.59 Å². The van der Waals surface area contributed by atoms with Crippen LogP contribution in [0.25, 0.3) is 0 Å². The third-order valence-corrected chi connectivity index (χ3v) is 1.32. The molecule has 0 aromatic heterocycles. The second-order valence-electron chi connectivity index (χ2n) is 2.33. The van der Waals surface area contributed by atoms with Crippen LogP contribution in [0.15, 0.2) is 0 Å². The van der Waals surface area contributed by atoms with E-state index in [2.05, 4.69) is 0 Å². The highest BCUT2D eigenvalue weighted by atomic mass is 16.6. The number of carbonyl (C=O) groups is 2. The number of amides is 2. The molecule has 7 heteroatoms. The van der Waals surface area contributed by atoms with Gasteiger partial charge in [0.15, 0.2) is 0 Å². The van der Waals surface area contributed by atoms with Gasteiger partial charge in [0, 0.05) is 11.5 Å². The van der Waals surface area contributed by atoms with Gasteiger partial charge < -0.3 is 5.73 Å². The number of nitrogens with two attached hydrogens (primary N) is 1. The molecule has 7 nitrogen and oxygen atoms in total. The maximum atomic E-state index is 10.9.